The topological polar surface area (TPSA) is 120 Å². The molecule has 1 aromatic carbocycles. The SMILES string of the molecule is CC(C)c1cccc(-c2ccnc(OCC(C)(C)n3cc(S(N)=O)cn3)c2)c1CC(=O)O. The Bertz CT molecular complexity index is 1140. The Hall–Kier alpha value is -3.04. The molecule has 3 rings (SSSR count). The summed E-state index contributed by atoms with van der Waals surface area (Å²) < 4.78 is 19.1. The molecule has 3 aromatic rings. The summed E-state index contributed by atoms with van der Waals surface area (Å²) in [7, 11) is -1.60. The normalized spacial score (nSPS) is 12.7. The van der Waals surface area contributed by atoms with Gasteiger partial charge < -0.3 is 9.84 Å². The van der Waals surface area contributed by atoms with Gasteiger partial charge in [-0.05, 0) is 48.1 Å². The quantitative estimate of drug-likeness (QED) is 0.508. The molecule has 8 nitrogen and oxygen atoms in total. The van der Waals surface area contributed by atoms with Gasteiger partial charge in [-0.1, -0.05) is 32.0 Å². The standard InChI is InChI=1S/C23H28N4O4S/c1-15(2)18-6-5-7-19(20(18)11-22(28)29)16-8-9-25-21(10-16)31-14-23(3,4)27-13-17(12-26-27)32(24)30/h5-10,12-13,15H,11,14,24H2,1-4H3,(H,28,29). The maximum atomic E-state index is 11.5. The molecule has 0 fully saturated rings. The third kappa shape index (κ3) is 5.41. The van der Waals surface area contributed by atoms with Crippen LogP contribution in [0.15, 0.2) is 53.8 Å². The molecule has 0 spiro atoms. The summed E-state index contributed by atoms with van der Waals surface area (Å²) in [5.74, 6) is -0.255. The number of hydrogen-bond acceptors (Lipinski definition) is 5. The van der Waals surface area contributed by atoms with Gasteiger partial charge in [-0.3, -0.25) is 9.48 Å². The van der Waals surface area contributed by atoms with Gasteiger partial charge in [-0.15, -0.1) is 0 Å². The summed E-state index contributed by atoms with van der Waals surface area (Å²) in [6.07, 6.45) is 4.70. The van der Waals surface area contributed by atoms with Crippen LogP contribution in [0.5, 0.6) is 5.88 Å². The average Bonchev–Trinajstić information content (AvgIpc) is 3.24. The number of carbonyl (C=O) groups is 1. The summed E-state index contributed by atoms with van der Waals surface area (Å²) in [4.78, 5) is 16.3. The Morgan fingerprint density at radius 1 is 1.31 bits per heavy atom. The highest BCUT2D eigenvalue weighted by Gasteiger charge is 2.24. The number of hydrogen-bond donors (Lipinski definition) is 2. The predicted molar refractivity (Wildman–Crippen MR) is 123 cm³/mol. The lowest BCUT2D eigenvalue weighted by molar-refractivity contribution is -0.136. The number of carboxylic acids is 1. The number of benzene rings is 1. The van der Waals surface area contributed by atoms with E-state index in [0.717, 1.165) is 22.3 Å². The van der Waals surface area contributed by atoms with Crippen LogP contribution in [0.3, 0.4) is 0 Å². The van der Waals surface area contributed by atoms with Crippen LogP contribution in [0, 0.1) is 0 Å². The fourth-order valence-electron chi connectivity index (χ4n) is 3.48. The van der Waals surface area contributed by atoms with Crippen molar-refractivity contribution in [3.05, 3.63) is 60.0 Å². The molecule has 0 aliphatic heterocycles. The van der Waals surface area contributed by atoms with E-state index in [1.54, 1.807) is 17.1 Å². The molecular weight excluding hydrogens is 428 g/mol. The van der Waals surface area contributed by atoms with Crippen LogP contribution in [-0.2, 0) is 27.7 Å². The minimum absolute atomic E-state index is 0.0562. The van der Waals surface area contributed by atoms with E-state index in [4.69, 9.17) is 9.88 Å². The maximum absolute atomic E-state index is 11.5. The molecule has 3 N–H and O–H groups in total. The first kappa shape index (κ1) is 23.6. The van der Waals surface area contributed by atoms with Crippen molar-refractivity contribution in [2.24, 2.45) is 5.14 Å². The van der Waals surface area contributed by atoms with E-state index in [1.165, 1.54) is 6.20 Å². The Morgan fingerprint density at radius 3 is 2.69 bits per heavy atom. The first-order chi connectivity index (χ1) is 15.1. The number of nitrogens with zero attached hydrogens (tertiary/aromatic N) is 3. The van der Waals surface area contributed by atoms with Gasteiger partial charge in [-0.25, -0.2) is 14.3 Å². The molecule has 2 aromatic heterocycles. The molecule has 9 heteroatoms. The molecule has 32 heavy (non-hydrogen) atoms. The third-order valence-corrected chi connectivity index (χ3v) is 5.87. The van der Waals surface area contributed by atoms with E-state index in [9.17, 15) is 14.1 Å². The van der Waals surface area contributed by atoms with Gasteiger partial charge in [0.25, 0.3) is 0 Å². The second-order valence-corrected chi connectivity index (χ2v) is 9.57. The lowest BCUT2D eigenvalue weighted by Crippen LogP contribution is -2.34. The average molecular weight is 457 g/mol. The molecule has 0 aliphatic rings. The molecule has 2 heterocycles. The van der Waals surface area contributed by atoms with Crippen molar-refractivity contribution in [1.29, 1.82) is 0 Å². The van der Waals surface area contributed by atoms with Crippen LogP contribution in [-0.4, -0.2) is 36.7 Å². The molecule has 0 amide bonds. The minimum atomic E-state index is -1.60. The molecule has 0 saturated carbocycles. The lowest BCUT2D eigenvalue weighted by atomic mass is 9.89. The van der Waals surface area contributed by atoms with Gasteiger partial charge in [0, 0.05) is 18.5 Å². The maximum Gasteiger partial charge on any atom is 0.307 e. The second kappa shape index (κ2) is 9.62. The Labute approximate surface area is 190 Å². The zero-order valence-electron chi connectivity index (χ0n) is 18.6. The highest BCUT2D eigenvalue weighted by molar-refractivity contribution is 7.82. The van der Waals surface area contributed by atoms with Crippen LogP contribution in [0.1, 0.15) is 44.7 Å². The fourth-order valence-corrected chi connectivity index (χ4v) is 3.83. The molecule has 170 valence electrons. The summed E-state index contributed by atoms with van der Waals surface area (Å²) >= 11 is 0. The van der Waals surface area contributed by atoms with E-state index >= 15 is 0 Å². The Kier molecular flexibility index (Phi) is 7.10. The summed E-state index contributed by atoms with van der Waals surface area (Å²) in [6.45, 7) is 8.23. The van der Waals surface area contributed by atoms with E-state index in [1.807, 2.05) is 44.2 Å². The van der Waals surface area contributed by atoms with Gasteiger partial charge in [0.2, 0.25) is 5.88 Å². The van der Waals surface area contributed by atoms with Crippen molar-refractivity contribution < 1.29 is 18.8 Å². The fraction of sp³-hybridized carbons (Fsp3) is 0.348. The zero-order chi connectivity index (χ0) is 23.5. The van der Waals surface area contributed by atoms with Gasteiger partial charge >= 0.3 is 5.97 Å². The molecule has 0 saturated heterocycles. The largest absolute Gasteiger partial charge is 0.481 e. The highest BCUT2D eigenvalue weighted by Crippen LogP contribution is 2.32. The molecule has 1 atom stereocenters. The third-order valence-electron chi connectivity index (χ3n) is 5.19. The van der Waals surface area contributed by atoms with Crippen molar-refractivity contribution in [3.63, 3.8) is 0 Å². The monoisotopic (exact) mass is 456 g/mol. The smallest absolute Gasteiger partial charge is 0.307 e. The molecule has 0 aliphatic carbocycles. The first-order valence-electron chi connectivity index (χ1n) is 10.2. The summed E-state index contributed by atoms with van der Waals surface area (Å²) in [5, 5.41) is 19.1. The van der Waals surface area contributed by atoms with Crippen molar-refractivity contribution in [2.45, 2.75) is 50.5 Å². The number of nitrogens with two attached hydrogens (primary N) is 1. The van der Waals surface area contributed by atoms with Crippen LogP contribution in [0.25, 0.3) is 11.1 Å². The minimum Gasteiger partial charge on any atom is -0.481 e. The van der Waals surface area contributed by atoms with Crippen molar-refractivity contribution in [2.75, 3.05) is 6.61 Å². The van der Waals surface area contributed by atoms with E-state index in [2.05, 4.69) is 23.9 Å². The number of carboxylic acid groups (broad SMARTS) is 1. The number of pyridine rings is 1. The van der Waals surface area contributed by atoms with Gasteiger partial charge in [0.15, 0.2) is 0 Å². The molecule has 1 unspecified atom stereocenters. The van der Waals surface area contributed by atoms with Gasteiger partial charge in [0.1, 0.15) is 17.6 Å². The van der Waals surface area contributed by atoms with Gasteiger partial charge in [-0.2, -0.15) is 5.10 Å². The molecular formula is C23H28N4O4S. The van der Waals surface area contributed by atoms with Crippen molar-refractivity contribution in [1.82, 2.24) is 14.8 Å². The molecule has 0 radical (unpaired) electrons. The number of aromatic nitrogens is 3. The second-order valence-electron chi connectivity index (χ2n) is 8.50. The van der Waals surface area contributed by atoms with E-state index in [0.29, 0.717) is 10.8 Å². The highest BCUT2D eigenvalue weighted by atomic mass is 32.2. The van der Waals surface area contributed by atoms with E-state index < -0.39 is 22.5 Å². The Morgan fingerprint density at radius 2 is 2.06 bits per heavy atom. The van der Waals surface area contributed by atoms with Crippen LogP contribution >= 0.6 is 0 Å². The van der Waals surface area contributed by atoms with Crippen molar-refractivity contribution >= 4 is 17.0 Å². The van der Waals surface area contributed by atoms with Gasteiger partial charge in [0.05, 0.1) is 23.1 Å². The zero-order valence-corrected chi connectivity index (χ0v) is 19.4. The summed E-state index contributed by atoms with van der Waals surface area (Å²) in [6, 6.07) is 9.49. The van der Waals surface area contributed by atoms with Crippen LogP contribution in [0.4, 0.5) is 0 Å². The molecule has 0 bridgehead atoms. The number of rotatable bonds is 9. The van der Waals surface area contributed by atoms with Crippen molar-refractivity contribution in [3.8, 4) is 17.0 Å². The number of ether oxygens (including phenoxy) is 1. The predicted octanol–water partition coefficient (Wildman–Crippen LogP) is 3.49. The first-order valence-corrected chi connectivity index (χ1v) is 11.4. The van der Waals surface area contributed by atoms with Crippen LogP contribution < -0.4 is 9.88 Å². The number of aliphatic carboxylic acids is 1. The summed E-state index contributed by atoms with van der Waals surface area (Å²) in [5.41, 5.74) is 2.96. The van der Waals surface area contributed by atoms with E-state index in [-0.39, 0.29) is 18.9 Å². The Balaban J connectivity index is 1.86. The lowest BCUT2D eigenvalue weighted by Gasteiger charge is -2.25. The van der Waals surface area contributed by atoms with Crippen LogP contribution in [0.2, 0.25) is 0 Å².